The van der Waals surface area contributed by atoms with Gasteiger partial charge in [-0.1, -0.05) is 0 Å². The molecule has 6 nitrogen and oxygen atoms in total. The summed E-state index contributed by atoms with van der Waals surface area (Å²) in [7, 11) is 0. The van der Waals surface area contributed by atoms with Crippen molar-refractivity contribution in [1.29, 1.82) is 0 Å². The number of imidazole rings is 1. The minimum atomic E-state index is 0.0230. The van der Waals surface area contributed by atoms with Crippen molar-refractivity contribution in [3.8, 4) is 0 Å². The molecule has 2 N–H and O–H groups in total. The van der Waals surface area contributed by atoms with Crippen LogP contribution in [0.1, 0.15) is 25.6 Å². The van der Waals surface area contributed by atoms with Gasteiger partial charge in [-0.05, 0) is 26.0 Å². The Kier molecular flexibility index (Phi) is 3.28. The van der Waals surface area contributed by atoms with Gasteiger partial charge in [0.1, 0.15) is 11.6 Å². The number of furan rings is 1. The fraction of sp³-hybridized carbons (Fsp3) is 0.286. The molecule has 0 spiro atoms. The van der Waals surface area contributed by atoms with Gasteiger partial charge in [0.05, 0.1) is 18.5 Å². The molecule has 0 bridgehead atoms. The smallest absolute Gasteiger partial charge is 0.180 e. The van der Waals surface area contributed by atoms with E-state index < -0.39 is 0 Å². The third-order valence-electron chi connectivity index (χ3n) is 3.06. The average Bonchev–Trinajstić information content (AvgIpc) is 3.10. The topological polar surface area (TPSA) is 67.4 Å². The number of rotatable bonds is 5. The van der Waals surface area contributed by atoms with E-state index in [4.69, 9.17) is 4.42 Å². The van der Waals surface area contributed by atoms with Gasteiger partial charge >= 0.3 is 0 Å². The molecule has 1 unspecified atom stereocenters. The lowest BCUT2D eigenvalue weighted by Gasteiger charge is -2.14. The molecule has 3 heterocycles. The Hall–Kier alpha value is -2.50. The molecule has 0 aliphatic carbocycles. The lowest BCUT2D eigenvalue weighted by atomic mass is 10.2. The molecule has 20 heavy (non-hydrogen) atoms. The molecule has 0 fully saturated rings. The minimum absolute atomic E-state index is 0.0230. The summed E-state index contributed by atoms with van der Waals surface area (Å²) in [4.78, 5) is 8.90. The van der Waals surface area contributed by atoms with Gasteiger partial charge in [-0.15, -0.1) is 0 Å². The average molecular weight is 271 g/mol. The Balaban J connectivity index is 1.94. The van der Waals surface area contributed by atoms with Crippen molar-refractivity contribution in [2.45, 2.75) is 19.9 Å². The van der Waals surface area contributed by atoms with Gasteiger partial charge in [-0.3, -0.25) is 0 Å². The molecule has 0 aliphatic heterocycles. The Morgan fingerprint density at radius 2 is 2.35 bits per heavy atom. The van der Waals surface area contributed by atoms with E-state index in [-0.39, 0.29) is 6.04 Å². The van der Waals surface area contributed by atoms with Crippen molar-refractivity contribution in [2.75, 3.05) is 17.2 Å². The molecule has 3 aromatic heterocycles. The van der Waals surface area contributed by atoms with Crippen LogP contribution in [0.25, 0.3) is 5.65 Å². The lowest BCUT2D eigenvalue weighted by Crippen LogP contribution is -2.10. The Bertz CT molecular complexity index is 689. The van der Waals surface area contributed by atoms with E-state index in [2.05, 4.69) is 20.6 Å². The fourth-order valence-corrected chi connectivity index (χ4v) is 2.11. The number of nitrogens with zero attached hydrogens (tertiary/aromatic N) is 3. The van der Waals surface area contributed by atoms with Gasteiger partial charge in [0.15, 0.2) is 11.5 Å². The highest BCUT2D eigenvalue weighted by molar-refractivity contribution is 5.65. The van der Waals surface area contributed by atoms with E-state index in [0.29, 0.717) is 0 Å². The van der Waals surface area contributed by atoms with E-state index in [1.807, 2.05) is 42.8 Å². The first-order valence-electron chi connectivity index (χ1n) is 6.65. The molecule has 104 valence electrons. The zero-order valence-electron chi connectivity index (χ0n) is 11.5. The predicted octanol–water partition coefficient (Wildman–Crippen LogP) is 2.93. The summed E-state index contributed by atoms with van der Waals surface area (Å²) < 4.78 is 7.35. The molecule has 0 radical (unpaired) electrons. The van der Waals surface area contributed by atoms with Crippen molar-refractivity contribution in [3.63, 3.8) is 0 Å². The normalized spacial score (nSPS) is 12.5. The third-order valence-corrected chi connectivity index (χ3v) is 3.06. The van der Waals surface area contributed by atoms with Gasteiger partial charge in [0.25, 0.3) is 0 Å². The molecule has 0 saturated carbocycles. The summed E-state index contributed by atoms with van der Waals surface area (Å²) in [5.74, 6) is 2.41. The number of anilines is 2. The largest absolute Gasteiger partial charge is 0.467 e. The molecule has 1 atom stereocenters. The Labute approximate surface area is 116 Å². The van der Waals surface area contributed by atoms with Crippen molar-refractivity contribution >= 4 is 17.3 Å². The molecule has 6 heteroatoms. The van der Waals surface area contributed by atoms with Crippen LogP contribution in [0, 0.1) is 0 Å². The number of aromatic nitrogens is 3. The second kappa shape index (κ2) is 5.24. The van der Waals surface area contributed by atoms with Crippen molar-refractivity contribution in [1.82, 2.24) is 14.4 Å². The van der Waals surface area contributed by atoms with Gasteiger partial charge in [0.2, 0.25) is 0 Å². The van der Waals surface area contributed by atoms with Crippen LogP contribution in [0.3, 0.4) is 0 Å². The van der Waals surface area contributed by atoms with E-state index >= 15 is 0 Å². The van der Waals surface area contributed by atoms with E-state index in [1.54, 1.807) is 12.5 Å². The second-order valence-electron chi connectivity index (χ2n) is 4.54. The first-order chi connectivity index (χ1) is 9.78. The summed E-state index contributed by atoms with van der Waals surface area (Å²) in [5, 5.41) is 6.56. The monoisotopic (exact) mass is 271 g/mol. The maximum absolute atomic E-state index is 5.41. The van der Waals surface area contributed by atoms with Gasteiger partial charge in [0, 0.05) is 18.9 Å². The van der Waals surface area contributed by atoms with E-state index in [1.165, 1.54) is 0 Å². The van der Waals surface area contributed by atoms with Crippen LogP contribution < -0.4 is 10.6 Å². The summed E-state index contributed by atoms with van der Waals surface area (Å²) in [6.45, 7) is 4.89. The minimum Gasteiger partial charge on any atom is -0.467 e. The summed E-state index contributed by atoms with van der Waals surface area (Å²) in [6, 6.07) is 3.84. The maximum Gasteiger partial charge on any atom is 0.180 e. The number of hydrogen-bond donors (Lipinski definition) is 2. The van der Waals surface area contributed by atoms with Crippen molar-refractivity contribution in [2.24, 2.45) is 0 Å². The predicted molar refractivity (Wildman–Crippen MR) is 77.9 cm³/mol. The highest BCUT2D eigenvalue weighted by Gasteiger charge is 2.13. The molecule has 0 saturated heterocycles. The molecule has 0 aliphatic rings. The Morgan fingerprint density at radius 1 is 1.45 bits per heavy atom. The summed E-state index contributed by atoms with van der Waals surface area (Å²) in [5.41, 5.74) is 0.796. The number of hydrogen-bond acceptors (Lipinski definition) is 5. The number of nitrogens with one attached hydrogen (secondary N) is 2. The second-order valence-corrected chi connectivity index (χ2v) is 4.54. The van der Waals surface area contributed by atoms with Crippen LogP contribution in [0.2, 0.25) is 0 Å². The van der Waals surface area contributed by atoms with Gasteiger partial charge < -0.3 is 19.5 Å². The zero-order valence-corrected chi connectivity index (χ0v) is 11.5. The third kappa shape index (κ3) is 2.32. The Morgan fingerprint density at radius 3 is 3.10 bits per heavy atom. The van der Waals surface area contributed by atoms with Crippen molar-refractivity contribution < 1.29 is 4.42 Å². The molecular formula is C14H17N5O. The molecule has 3 rings (SSSR count). The molecule has 0 amide bonds. The van der Waals surface area contributed by atoms with E-state index in [0.717, 1.165) is 29.6 Å². The molecule has 3 aromatic rings. The van der Waals surface area contributed by atoms with Crippen LogP contribution in [-0.2, 0) is 0 Å². The van der Waals surface area contributed by atoms with Crippen LogP contribution >= 0.6 is 0 Å². The van der Waals surface area contributed by atoms with Crippen LogP contribution in [0.15, 0.2) is 41.4 Å². The SMILES string of the molecule is CCNc1cn2ccnc2c(NC(C)c2ccco2)n1. The van der Waals surface area contributed by atoms with E-state index in [9.17, 15) is 0 Å². The van der Waals surface area contributed by atoms with Crippen LogP contribution in [0.4, 0.5) is 11.6 Å². The molecule has 0 aromatic carbocycles. The maximum atomic E-state index is 5.41. The lowest BCUT2D eigenvalue weighted by molar-refractivity contribution is 0.490. The summed E-state index contributed by atoms with van der Waals surface area (Å²) >= 11 is 0. The quantitative estimate of drug-likeness (QED) is 0.746. The van der Waals surface area contributed by atoms with Gasteiger partial charge in [-0.2, -0.15) is 0 Å². The standard InChI is InChI=1S/C14H17N5O/c1-3-15-12-9-19-7-6-16-14(19)13(18-12)17-10(2)11-5-4-8-20-11/h4-10,15H,3H2,1-2H3,(H,17,18). The first kappa shape index (κ1) is 12.5. The number of fused-ring (bicyclic) bond motifs is 1. The zero-order chi connectivity index (χ0) is 13.9. The summed E-state index contributed by atoms with van der Waals surface area (Å²) in [6.07, 6.45) is 7.26. The van der Waals surface area contributed by atoms with Crippen LogP contribution in [0.5, 0.6) is 0 Å². The highest BCUT2D eigenvalue weighted by Crippen LogP contribution is 2.22. The van der Waals surface area contributed by atoms with Crippen LogP contribution in [-0.4, -0.2) is 20.9 Å². The van der Waals surface area contributed by atoms with Gasteiger partial charge in [-0.25, -0.2) is 9.97 Å². The highest BCUT2D eigenvalue weighted by atomic mass is 16.3. The fourth-order valence-electron chi connectivity index (χ4n) is 2.11. The molecular weight excluding hydrogens is 254 g/mol. The van der Waals surface area contributed by atoms with Crippen molar-refractivity contribution in [3.05, 3.63) is 42.7 Å². The first-order valence-corrected chi connectivity index (χ1v) is 6.65.